The number of aromatic nitrogens is 1. The van der Waals surface area contributed by atoms with E-state index in [4.69, 9.17) is 4.74 Å². The van der Waals surface area contributed by atoms with Gasteiger partial charge in [0.1, 0.15) is 10.5 Å². The van der Waals surface area contributed by atoms with Crippen LogP contribution in [0.25, 0.3) is 12.2 Å². The number of ether oxygens (including phenoxy) is 1. The molecule has 0 aliphatic heterocycles. The molecule has 7 heteroatoms. The van der Waals surface area contributed by atoms with Gasteiger partial charge in [-0.15, -0.1) is 23.1 Å². The molecule has 0 spiro atoms. The molecular weight excluding hydrogens is 409 g/mol. The van der Waals surface area contributed by atoms with Crippen LogP contribution in [0.3, 0.4) is 0 Å². The van der Waals surface area contributed by atoms with Gasteiger partial charge in [-0.25, -0.2) is 9.18 Å². The molecule has 0 aliphatic rings. The fourth-order valence-electron chi connectivity index (χ4n) is 2.70. The predicted octanol–water partition coefficient (Wildman–Crippen LogP) is 2.99. The Kier molecular flexibility index (Phi) is 7.06. The lowest BCUT2D eigenvalue weighted by molar-refractivity contribution is -0.135. The highest BCUT2D eigenvalue weighted by molar-refractivity contribution is 7.98. The molecule has 0 unspecified atom stereocenters. The fraction of sp³-hybridized carbons (Fsp3) is 0.182. The van der Waals surface area contributed by atoms with E-state index in [2.05, 4.69) is 0 Å². The van der Waals surface area contributed by atoms with E-state index >= 15 is 0 Å². The molecule has 0 fully saturated rings. The normalized spacial score (nSPS) is 12.4. The van der Waals surface area contributed by atoms with Gasteiger partial charge in [0.05, 0.1) is 23.8 Å². The molecular formula is C22H20FNO3S2. The quantitative estimate of drug-likeness (QED) is 0.447. The molecule has 3 rings (SSSR count). The van der Waals surface area contributed by atoms with Crippen LogP contribution in [0.2, 0.25) is 0 Å². The van der Waals surface area contributed by atoms with Crippen molar-refractivity contribution in [3.8, 4) is 0 Å². The number of thioether (sulfide) groups is 1. The molecule has 0 atom stereocenters. The van der Waals surface area contributed by atoms with Crippen LogP contribution in [0.5, 0.6) is 0 Å². The van der Waals surface area contributed by atoms with Crippen molar-refractivity contribution in [3.05, 3.63) is 85.0 Å². The van der Waals surface area contributed by atoms with Crippen LogP contribution in [0, 0.1) is 5.82 Å². The number of carbonyl (C=O) groups is 1. The van der Waals surface area contributed by atoms with Crippen molar-refractivity contribution in [1.82, 2.24) is 4.57 Å². The standard InChI is InChI=1S/C22H20FNO3S2/c1-3-27-21(25)13-20-24(14-16-4-8-17(23)9-5-16)22(26)19(29-20)12-15-6-10-18(28-2)11-7-15/h4-13H,3,14H2,1-2H3/b19-12+,20-13+. The lowest BCUT2D eigenvalue weighted by atomic mass is 10.2. The Morgan fingerprint density at radius 1 is 1.17 bits per heavy atom. The molecule has 0 saturated carbocycles. The Morgan fingerprint density at radius 2 is 1.86 bits per heavy atom. The summed E-state index contributed by atoms with van der Waals surface area (Å²) in [5.74, 6) is -0.843. The second-order valence-electron chi connectivity index (χ2n) is 6.14. The first kappa shape index (κ1) is 21.1. The van der Waals surface area contributed by atoms with Crippen LogP contribution in [0.4, 0.5) is 4.39 Å². The van der Waals surface area contributed by atoms with Crippen molar-refractivity contribution in [2.45, 2.75) is 18.4 Å². The SMILES string of the molecule is CCOC(=O)/C=c1/s/c(=C/c2ccc(SC)cc2)c(=O)n1Cc1ccc(F)cc1. The second-order valence-corrected chi connectivity index (χ2v) is 8.08. The topological polar surface area (TPSA) is 48.3 Å². The number of rotatable bonds is 6. The van der Waals surface area contributed by atoms with Gasteiger partial charge >= 0.3 is 5.97 Å². The Hall–Kier alpha value is -2.64. The third-order valence-electron chi connectivity index (χ3n) is 4.13. The molecule has 1 aromatic heterocycles. The number of nitrogens with zero attached hydrogens (tertiary/aromatic N) is 1. The fourth-order valence-corrected chi connectivity index (χ4v) is 4.14. The molecule has 0 aliphatic carbocycles. The van der Waals surface area contributed by atoms with E-state index in [1.165, 1.54) is 34.1 Å². The summed E-state index contributed by atoms with van der Waals surface area (Å²) in [5.41, 5.74) is 1.46. The van der Waals surface area contributed by atoms with Crippen molar-refractivity contribution in [1.29, 1.82) is 0 Å². The highest BCUT2D eigenvalue weighted by Gasteiger charge is 2.08. The van der Waals surface area contributed by atoms with Crippen LogP contribution in [-0.4, -0.2) is 23.4 Å². The number of esters is 1. The van der Waals surface area contributed by atoms with E-state index in [0.717, 1.165) is 16.0 Å². The summed E-state index contributed by atoms with van der Waals surface area (Å²) >= 11 is 2.87. The van der Waals surface area contributed by atoms with Gasteiger partial charge in [-0.3, -0.25) is 9.36 Å². The number of carbonyl (C=O) groups excluding carboxylic acids is 1. The zero-order valence-electron chi connectivity index (χ0n) is 16.1. The van der Waals surface area contributed by atoms with E-state index in [0.29, 0.717) is 9.20 Å². The number of halogens is 1. The molecule has 3 aromatic rings. The summed E-state index contributed by atoms with van der Waals surface area (Å²) < 4.78 is 20.7. The third kappa shape index (κ3) is 5.46. The lowest BCUT2D eigenvalue weighted by Crippen LogP contribution is -2.32. The molecule has 1 heterocycles. The van der Waals surface area contributed by atoms with E-state index in [1.807, 2.05) is 30.5 Å². The van der Waals surface area contributed by atoms with Crippen molar-refractivity contribution in [3.63, 3.8) is 0 Å². The van der Waals surface area contributed by atoms with Crippen LogP contribution in [0.15, 0.2) is 58.2 Å². The van der Waals surface area contributed by atoms with Gasteiger partial charge in [0.25, 0.3) is 5.56 Å². The lowest BCUT2D eigenvalue weighted by Gasteiger charge is -2.03. The maximum Gasteiger partial charge on any atom is 0.333 e. The second kappa shape index (κ2) is 9.71. The third-order valence-corrected chi connectivity index (χ3v) is 5.94. The maximum absolute atomic E-state index is 13.2. The average Bonchev–Trinajstić information content (AvgIpc) is 2.99. The van der Waals surface area contributed by atoms with Crippen molar-refractivity contribution < 1.29 is 13.9 Å². The van der Waals surface area contributed by atoms with Crippen LogP contribution >= 0.6 is 23.1 Å². The number of thiazole rings is 1. The van der Waals surface area contributed by atoms with E-state index < -0.39 is 5.97 Å². The molecule has 0 bridgehead atoms. The summed E-state index contributed by atoms with van der Waals surface area (Å²) in [6.45, 7) is 2.22. The van der Waals surface area contributed by atoms with Gasteiger partial charge in [-0.05, 0) is 54.6 Å². The van der Waals surface area contributed by atoms with Gasteiger partial charge in [0.15, 0.2) is 0 Å². The van der Waals surface area contributed by atoms with E-state index in [1.54, 1.807) is 36.9 Å². The number of hydrogen-bond donors (Lipinski definition) is 0. The molecule has 0 radical (unpaired) electrons. The molecule has 0 N–H and O–H groups in total. The van der Waals surface area contributed by atoms with Crippen LogP contribution in [-0.2, 0) is 16.1 Å². The van der Waals surface area contributed by atoms with Gasteiger partial charge in [0, 0.05) is 4.90 Å². The molecule has 29 heavy (non-hydrogen) atoms. The molecule has 4 nitrogen and oxygen atoms in total. The minimum atomic E-state index is -0.502. The number of benzene rings is 2. The molecule has 2 aromatic carbocycles. The largest absolute Gasteiger partial charge is 0.463 e. The Labute approximate surface area is 176 Å². The highest BCUT2D eigenvalue weighted by Crippen LogP contribution is 2.15. The van der Waals surface area contributed by atoms with Gasteiger partial charge in [0.2, 0.25) is 0 Å². The zero-order valence-corrected chi connectivity index (χ0v) is 17.7. The monoisotopic (exact) mass is 429 g/mol. The Balaban J connectivity index is 2.09. The average molecular weight is 430 g/mol. The minimum absolute atomic E-state index is 0.205. The minimum Gasteiger partial charge on any atom is -0.463 e. The Morgan fingerprint density at radius 3 is 2.48 bits per heavy atom. The summed E-state index contributed by atoms with van der Waals surface area (Å²) in [5, 5.41) is 0. The smallest absolute Gasteiger partial charge is 0.333 e. The van der Waals surface area contributed by atoms with Gasteiger partial charge in [-0.2, -0.15) is 0 Å². The maximum atomic E-state index is 13.2. The first-order chi connectivity index (χ1) is 14.0. The first-order valence-corrected chi connectivity index (χ1v) is 11.0. The van der Waals surface area contributed by atoms with Gasteiger partial charge in [-0.1, -0.05) is 24.3 Å². The Bertz CT molecular complexity index is 1160. The van der Waals surface area contributed by atoms with E-state index in [9.17, 15) is 14.0 Å². The van der Waals surface area contributed by atoms with Crippen LogP contribution in [0.1, 0.15) is 18.1 Å². The van der Waals surface area contributed by atoms with Crippen molar-refractivity contribution >= 4 is 41.2 Å². The predicted molar refractivity (Wildman–Crippen MR) is 116 cm³/mol. The summed E-state index contributed by atoms with van der Waals surface area (Å²) in [7, 11) is 0. The molecule has 150 valence electrons. The first-order valence-electron chi connectivity index (χ1n) is 8.98. The highest BCUT2D eigenvalue weighted by atomic mass is 32.2. The summed E-state index contributed by atoms with van der Waals surface area (Å²) in [6.07, 6.45) is 5.14. The molecule has 0 saturated heterocycles. The van der Waals surface area contributed by atoms with E-state index in [-0.39, 0.29) is 24.5 Å². The van der Waals surface area contributed by atoms with Crippen molar-refractivity contribution in [2.24, 2.45) is 0 Å². The molecule has 0 amide bonds. The van der Waals surface area contributed by atoms with Gasteiger partial charge < -0.3 is 4.74 Å². The van der Waals surface area contributed by atoms with Crippen LogP contribution < -0.4 is 14.8 Å². The zero-order chi connectivity index (χ0) is 20.8. The summed E-state index contributed by atoms with van der Waals surface area (Å²) in [4.78, 5) is 26.1. The van der Waals surface area contributed by atoms with Crippen molar-refractivity contribution in [2.75, 3.05) is 12.9 Å². The number of hydrogen-bond acceptors (Lipinski definition) is 5. The summed E-state index contributed by atoms with van der Waals surface area (Å²) in [6, 6.07) is 13.8.